The monoisotopic (exact) mass is 423 g/mol. The van der Waals surface area contributed by atoms with Crippen LogP contribution in [0, 0.1) is 18.3 Å². The number of nitrogens with zero attached hydrogens (tertiary/aromatic N) is 1. The van der Waals surface area contributed by atoms with Gasteiger partial charge in [0.2, 0.25) is 9.84 Å². The Morgan fingerprint density at radius 3 is 2.41 bits per heavy atom. The zero-order chi connectivity index (χ0) is 20.9. The van der Waals surface area contributed by atoms with Crippen molar-refractivity contribution in [2.75, 3.05) is 0 Å². The van der Waals surface area contributed by atoms with Crippen molar-refractivity contribution in [2.24, 2.45) is 0 Å². The molecular formula is C23H18ClNO3S. The quantitative estimate of drug-likeness (QED) is 0.486. The fraction of sp³-hybridized carbons (Fsp3) is 0.0870. The molecular weight excluding hydrogens is 406 g/mol. The molecule has 0 aliphatic rings. The molecule has 6 heteroatoms. The van der Waals surface area contributed by atoms with Gasteiger partial charge >= 0.3 is 0 Å². The van der Waals surface area contributed by atoms with Crippen LogP contribution in [0.5, 0.6) is 5.75 Å². The van der Waals surface area contributed by atoms with Crippen molar-refractivity contribution in [2.45, 2.75) is 18.4 Å². The minimum atomic E-state index is -3.89. The van der Waals surface area contributed by atoms with Crippen molar-refractivity contribution in [3.05, 3.63) is 99.4 Å². The van der Waals surface area contributed by atoms with E-state index in [0.717, 1.165) is 11.1 Å². The van der Waals surface area contributed by atoms with E-state index in [1.807, 2.05) is 19.1 Å². The number of hydrogen-bond donors (Lipinski definition) is 0. The summed E-state index contributed by atoms with van der Waals surface area (Å²) in [7, 11) is -3.89. The number of rotatable bonds is 6. The Kier molecular flexibility index (Phi) is 6.38. The molecule has 0 heterocycles. The van der Waals surface area contributed by atoms with Gasteiger partial charge in [-0.1, -0.05) is 53.6 Å². The lowest BCUT2D eigenvalue weighted by Gasteiger charge is -2.08. The van der Waals surface area contributed by atoms with Crippen molar-refractivity contribution < 1.29 is 13.2 Å². The number of ether oxygens (including phenoxy) is 1. The molecule has 4 nitrogen and oxygen atoms in total. The van der Waals surface area contributed by atoms with Gasteiger partial charge in [-0.2, -0.15) is 5.26 Å². The van der Waals surface area contributed by atoms with Crippen molar-refractivity contribution in [1.29, 1.82) is 5.26 Å². The van der Waals surface area contributed by atoms with Gasteiger partial charge < -0.3 is 4.74 Å². The fourth-order valence-corrected chi connectivity index (χ4v) is 3.89. The Morgan fingerprint density at radius 1 is 1.07 bits per heavy atom. The second-order valence-corrected chi connectivity index (χ2v) is 8.78. The molecule has 3 aromatic rings. The normalized spacial score (nSPS) is 11.7. The maximum absolute atomic E-state index is 12.8. The van der Waals surface area contributed by atoms with Crippen LogP contribution in [0.3, 0.4) is 0 Å². The second-order valence-electron chi connectivity index (χ2n) is 6.42. The highest BCUT2D eigenvalue weighted by molar-refractivity contribution is 7.95. The number of aryl methyl sites for hydroxylation is 1. The number of halogens is 1. The van der Waals surface area contributed by atoms with E-state index in [4.69, 9.17) is 16.3 Å². The first-order valence-corrected chi connectivity index (χ1v) is 10.7. The van der Waals surface area contributed by atoms with Crippen molar-refractivity contribution in [3.63, 3.8) is 0 Å². The Bertz CT molecular complexity index is 1180. The van der Waals surface area contributed by atoms with E-state index in [0.29, 0.717) is 22.9 Å². The lowest BCUT2D eigenvalue weighted by atomic mass is 10.2. The molecule has 0 saturated carbocycles. The summed E-state index contributed by atoms with van der Waals surface area (Å²) in [5.74, 6) is 0.568. The lowest BCUT2D eigenvalue weighted by Crippen LogP contribution is -2.03. The van der Waals surface area contributed by atoms with Crippen LogP contribution in [0.25, 0.3) is 6.08 Å². The highest BCUT2D eigenvalue weighted by atomic mass is 35.5. The van der Waals surface area contributed by atoms with E-state index >= 15 is 0 Å². The van der Waals surface area contributed by atoms with Gasteiger partial charge in [0.05, 0.1) is 4.90 Å². The lowest BCUT2D eigenvalue weighted by molar-refractivity contribution is 0.306. The summed E-state index contributed by atoms with van der Waals surface area (Å²) >= 11 is 5.88. The average Bonchev–Trinajstić information content (AvgIpc) is 2.72. The maximum Gasteiger partial charge on any atom is 0.216 e. The number of benzene rings is 3. The van der Waals surface area contributed by atoms with E-state index in [2.05, 4.69) is 0 Å². The molecule has 0 aliphatic heterocycles. The van der Waals surface area contributed by atoms with Gasteiger partial charge in [0.1, 0.15) is 23.3 Å². The van der Waals surface area contributed by atoms with E-state index in [1.54, 1.807) is 54.6 Å². The Balaban J connectivity index is 1.82. The standard InChI is InChI=1S/C23H18ClNO3S/c1-17-5-11-22(12-6-17)29(26,27)23(15-25)14-19-3-2-4-21(13-19)28-16-18-7-9-20(24)10-8-18/h2-14H,16H2,1H3/b23-14+. The van der Waals surface area contributed by atoms with Gasteiger partial charge in [-0.15, -0.1) is 0 Å². The minimum Gasteiger partial charge on any atom is -0.489 e. The summed E-state index contributed by atoms with van der Waals surface area (Å²) in [6.45, 7) is 2.21. The van der Waals surface area contributed by atoms with Gasteiger partial charge in [0, 0.05) is 5.02 Å². The SMILES string of the molecule is Cc1ccc(S(=O)(=O)/C(C#N)=C/c2cccc(OCc3ccc(Cl)cc3)c2)cc1. The van der Waals surface area contributed by atoms with Crippen LogP contribution in [-0.2, 0) is 16.4 Å². The van der Waals surface area contributed by atoms with E-state index in [-0.39, 0.29) is 9.80 Å². The van der Waals surface area contributed by atoms with Crippen LogP contribution in [0.1, 0.15) is 16.7 Å². The van der Waals surface area contributed by atoms with Gasteiger partial charge in [-0.05, 0) is 60.5 Å². The third kappa shape index (κ3) is 5.26. The van der Waals surface area contributed by atoms with Crippen LogP contribution in [0.15, 0.2) is 82.6 Å². The summed E-state index contributed by atoms with van der Waals surface area (Å²) in [5, 5.41) is 10.1. The smallest absolute Gasteiger partial charge is 0.216 e. The van der Waals surface area contributed by atoms with E-state index in [9.17, 15) is 13.7 Å². The topological polar surface area (TPSA) is 67.2 Å². The molecule has 3 aromatic carbocycles. The predicted molar refractivity (Wildman–Crippen MR) is 114 cm³/mol. The average molecular weight is 424 g/mol. The van der Waals surface area contributed by atoms with Crippen molar-refractivity contribution in [3.8, 4) is 11.8 Å². The molecule has 0 spiro atoms. The molecule has 0 fully saturated rings. The summed E-state index contributed by atoms with van der Waals surface area (Å²) in [5.41, 5.74) is 2.46. The third-order valence-corrected chi connectivity index (χ3v) is 6.14. The minimum absolute atomic E-state index is 0.0889. The van der Waals surface area contributed by atoms with Crippen LogP contribution < -0.4 is 4.74 Å². The molecule has 0 saturated heterocycles. The van der Waals surface area contributed by atoms with E-state index in [1.165, 1.54) is 18.2 Å². The molecule has 0 radical (unpaired) electrons. The molecule has 0 atom stereocenters. The Hall–Kier alpha value is -3.07. The molecule has 0 aromatic heterocycles. The summed E-state index contributed by atoms with van der Waals surface area (Å²) in [6.07, 6.45) is 1.35. The third-order valence-electron chi connectivity index (χ3n) is 4.21. The van der Waals surface area contributed by atoms with E-state index < -0.39 is 9.84 Å². The van der Waals surface area contributed by atoms with Gasteiger partial charge in [-0.3, -0.25) is 0 Å². The van der Waals surface area contributed by atoms with Gasteiger partial charge in [0.15, 0.2) is 0 Å². The molecule has 0 amide bonds. The van der Waals surface area contributed by atoms with Gasteiger partial charge in [-0.25, -0.2) is 8.42 Å². The molecule has 29 heavy (non-hydrogen) atoms. The molecule has 3 rings (SSSR count). The highest BCUT2D eigenvalue weighted by Gasteiger charge is 2.20. The summed E-state index contributed by atoms with van der Waals surface area (Å²) in [6, 6.07) is 22.5. The Labute approximate surface area is 175 Å². The number of nitriles is 1. The van der Waals surface area contributed by atoms with Crippen LogP contribution in [0.4, 0.5) is 0 Å². The van der Waals surface area contributed by atoms with Crippen molar-refractivity contribution in [1.82, 2.24) is 0 Å². The van der Waals surface area contributed by atoms with Crippen LogP contribution in [-0.4, -0.2) is 8.42 Å². The first kappa shape index (κ1) is 20.7. The zero-order valence-corrected chi connectivity index (χ0v) is 17.2. The largest absolute Gasteiger partial charge is 0.489 e. The number of allylic oxidation sites excluding steroid dienone is 1. The molecule has 146 valence electrons. The molecule has 0 N–H and O–H groups in total. The molecule has 0 unspecified atom stereocenters. The van der Waals surface area contributed by atoms with Crippen molar-refractivity contribution >= 4 is 27.5 Å². The number of sulfone groups is 1. The molecule has 0 bridgehead atoms. The first-order chi connectivity index (χ1) is 13.9. The Morgan fingerprint density at radius 2 is 1.76 bits per heavy atom. The zero-order valence-electron chi connectivity index (χ0n) is 15.7. The summed E-state index contributed by atoms with van der Waals surface area (Å²) in [4.78, 5) is -0.234. The maximum atomic E-state index is 12.8. The first-order valence-electron chi connectivity index (χ1n) is 8.79. The summed E-state index contributed by atoms with van der Waals surface area (Å²) < 4.78 is 31.3. The second kappa shape index (κ2) is 8.95. The number of hydrogen-bond acceptors (Lipinski definition) is 4. The molecule has 0 aliphatic carbocycles. The fourth-order valence-electron chi connectivity index (χ4n) is 2.61. The van der Waals surface area contributed by atoms with Gasteiger partial charge in [0.25, 0.3) is 0 Å². The van der Waals surface area contributed by atoms with Crippen LogP contribution in [0.2, 0.25) is 5.02 Å². The van der Waals surface area contributed by atoms with Crippen LogP contribution >= 0.6 is 11.6 Å². The predicted octanol–water partition coefficient (Wildman–Crippen LogP) is 5.57. The highest BCUT2D eigenvalue weighted by Crippen LogP contribution is 2.23.